The molecule has 0 unspecified atom stereocenters. The van der Waals surface area contributed by atoms with Crippen molar-refractivity contribution in [2.45, 2.75) is 32.0 Å². The molecule has 2 atom stereocenters. The monoisotopic (exact) mass is 381 g/mol. The van der Waals surface area contributed by atoms with E-state index in [1.165, 1.54) is 34.0 Å². The lowest BCUT2D eigenvalue weighted by molar-refractivity contribution is -0.145. The zero-order chi connectivity index (χ0) is 19.8. The number of alkyl halides is 3. The fourth-order valence-electron chi connectivity index (χ4n) is 3.31. The highest BCUT2D eigenvalue weighted by Gasteiger charge is 2.36. The number of aromatic nitrogens is 2. The van der Waals surface area contributed by atoms with Crippen molar-refractivity contribution in [3.8, 4) is 5.69 Å². The lowest BCUT2D eigenvalue weighted by atomic mass is 9.90. The van der Waals surface area contributed by atoms with Gasteiger partial charge in [0.1, 0.15) is 0 Å². The molecule has 27 heavy (non-hydrogen) atoms. The largest absolute Gasteiger partial charge is 0.481 e. The van der Waals surface area contributed by atoms with E-state index < -0.39 is 35.6 Å². The van der Waals surface area contributed by atoms with Crippen LogP contribution in [0, 0.1) is 5.92 Å². The highest BCUT2D eigenvalue weighted by atomic mass is 19.4. The van der Waals surface area contributed by atoms with Gasteiger partial charge in [-0.3, -0.25) is 9.59 Å². The zero-order valence-electron chi connectivity index (χ0n) is 14.5. The summed E-state index contributed by atoms with van der Waals surface area (Å²) in [5.74, 6) is -2.03. The first-order chi connectivity index (χ1) is 12.7. The topological polar surface area (TPSA) is 75.4 Å². The summed E-state index contributed by atoms with van der Waals surface area (Å²) in [7, 11) is 0. The van der Waals surface area contributed by atoms with Crippen molar-refractivity contribution in [3.63, 3.8) is 0 Å². The molecule has 0 bridgehead atoms. The predicted octanol–water partition coefficient (Wildman–Crippen LogP) is 3.22. The van der Waals surface area contributed by atoms with Crippen LogP contribution in [0.3, 0.4) is 0 Å². The molecule has 1 saturated heterocycles. The Morgan fingerprint density at radius 2 is 2.00 bits per heavy atom. The van der Waals surface area contributed by atoms with Gasteiger partial charge in [-0.05, 0) is 44.0 Å². The number of carbonyl (C=O) groups is 2. The Balaban J connectivity index is 1.83. The van der Waals surface area contributed by atoms with Gasteiger partial charge < -0.3 is 10.0 Å². The standard InChI is InChI=1S/C18H18F3N3O3/c1-11-14(17(26)27)6-3-8-23(11)16(25)15-7-9-24(22-15)13-5-2-4-12(10-13)18(19,20)21/h2,4-5,7,9-11,14H,3,6,8H2,1H3,(H,26,27)/t11-,14-/m1/s1. The minimum absolute atomic E-state index is 0.0605. The molecule has 0 saturated carbocycles. The number of benzene rings is 1. The Kier molecular flexibility index (Phi) is 4.95. The van der Waals surface area contributed by atoms with E-state index in [0.717, 1.165) is 12.1 Å². The second-order valence-corrected chi connectivity index (χ2v) is 6.52. The van der Waals surface area contributed by atoms with E-state index in [0.29, 0.717) is 19.4 Å². The van der Waals surface area contributed by atoms with Gasteiger partial charge >= 0.3 is 12.1 Å². The fraction of sp³-hybridized carbons (Fsp3) is 0.389. The van der Waals surface area contributed by atoms with Crippen molar-refractivity contribution in [2.24, 2.45) is 5.92 Å². The molecular weight excluding hydrogens is 363 g/mol. The third-order valence-corrected chi connectivity index (χ3v) is 4.81. The highest BCUT2D eigenvalue weighted by Crippen LogP contribution is 2.30. The van der Waals surface area contributed by atoms with Crippen LogP contribution in [0.25, 0.3) is 5.69 Å². The van der Waals surface area contributed by atoms with Crippen molar-refractivity contribution >= 4 is 11.9 Å². The van der Waals surface area contributed by atoms with Gasteiger partial charge in [0.2, 0.25) is 0 Å². The Morgan fingerprint density at radius 3 is 2.67 bits per heavy atom. The van der Waals surface area contributed by atoms with Gasteiger partial charge in [-0.2, -0.15) is 18.3 Å². The first-order valence-electron chi connectivity index (χ1n) is 8.45. The Morgan fingerprint density at radius 1 is 1.26 bits per heavy atom. The highest BCUT2D eigenvalue weighted by molar-refractivity contribution is 5.93. The molecule has 0 radical (unpaired) electrons. The van der Waals surface area contributed by atoms with Crippen LogP contribution >= 0.6 is 0 Å². The van der Waals surface area contributed by atoms with E-state index in [9.17, 15) is 27.9 Å². The maximum Gasteiger partial charge on any atom is 0.416 e. The molecule has 1 aromatic carbocycles. The van der Waals surface area contributed by atoms with E-state index >= 15 is 0 Å². The smallest absolute Gasteiger partial charge is 0.416 e. The van der Waals surface area contributed by atoms with Crippen molar-refractivity contribution in [1.29, 1.82) is 0 Å². The first-order valence-corrected chi connectivity index (χ1v) is 8.45. The first kappa shape index (κ1) is 18.9. The molecule has 0 spiro atoms. The predicted molar refractivity (Wildman–Crippen MR) is 89.4 cm³/mol. The van der Waals surface area contributed by atoms with Gasteiger partial charge in [-0.15, -0.1) is 0 Å². The number of nitrogens with zero attached hydrogens (tertiary/aromatic N) is 3. The number of carboxylic acid groups (broad SMARTS) is 1. The van der Waals surface area contributed by atoms with Crippen molar-refractivity contribution in [1.82, 2.24) is 14.7 Å². The van der Waals surface area contributed by atoms with Crippen molar-refractivity contribution < 1.29 is 27.9 Å². The summed E-state index contributed by atoms with van der Waals surface area (Å²) in [6.07, 6.45) is -2.00. The Hall–Kier alpha value is -2.84. The average molecular weight is 381 g/mol. The molecule has 144 valence electrons. The van der Waals surface area contributed by atoms with Gasteiger partial charge in [0.25, 0.3) is 5.91 Å². The SMILES string of the molecule is C[C@@H]1[C@H](C(=O)O)CCCN1C(=O)c1ccn(-c2cccc(C(F)(F)F)c2)n1. The molecule has 6 nitrogen and oxygen atoms in total. The van der Waals surface area contributed by atoms with Gasteiger partial charge in [0.15, 0.2) is 5.69 Å². The summed E-state index contributed by atoms with van der Waals surface area (Å²) in [6, 6.07) is 5.57. The summed E-state index contributed by atoms with van der Waals surface area (Å²) in [4.78, 5) is 25.5. The number of hydrogen-bond acceptors (Lipinski definition) is 3. The van der Waals surface area contributed by atoms with E-state index in [4.69, 9.17) is 0 Å². The molecule has 0 aliphatic carbocycles. The number of hydrogen-bond donors (Lipinski definition) is 1. The van der Waals surface area contributed by atoms with Crippen molar-refractivity contribution in [2.75, 3.05) is 6.54 Å². The van der Waals surface area contributed by atoms with E-state index in [1.54, 1.807) is 6.92 Å². The Labute approximate surface area is 153 Å². The molecule has 1 fully saturated rings. The number of likely N-dealkylation sites (tertiary alicyclic amines) is 1. The number of aliphatic carboxylic acids is 1. The molecule has 1 N–H and O–H groups in total. The number of rotatable bonds is 3. The van der Waals surface area contributed by atoms with Crippen LogP contribution in [0.15, 0.2) is 36.5 Å². The van der Waals surface area contributed by atoms with Crippen LogP contribution in [-0.2, 0) is 11.0 Å². The number of carbonyl (C=O) groups excluding carboxylic acids is 1. The summed E-state index contributed by atoms with van der Waals surface area (Å²) < 4.78 is 39.8. The second kappa shape index (κ2) is 7.05. The average Bonchev–Trinajstić information content (AvgIpc) is 3.10. The summed E-state index contributed by atoms with van der Waals surface area (Å²) in [5, 5.41) is 13.4. The van der Waals surface area contributed by atoms with Gasteiger partial charge in [0, 0.05) is 18.8 Å². The van der Waals surface area contributed by atoms with Crippen LogP contribution in [0.4, 0.5) is 13.2 Å². The molecule has 3 rings (SSSR count). The summed E-state index contributed by atoms with van der Waals surface area (Å²) in [5.41, 5.74) is -0.568. The Bertz CT molecular complexity index is 863. The molecule has 1 amide bonds. The third kappa shape index (κ3) is 3.81. The normalized spacial score (nSPS) is 20.5. The van der Waals surface area contributed by atoms with E-state index in [-0.39, 0.29) is 11.4 Å². The molecule has 9 heteroatoms. The van der Waals surface area contributed by atoms with E-state index in [1.807, 2.05) is 0 Å². The van der Waals surface area contributed by atoms with Crippen LogP contribution in [0.1, 0.15) is 35.8 Å². The number of carboxylic acids is 1. The van der Waals surface area contributed by atoms with Crippen molar-refractivity contribution in [3.05, 3.63) is 47.8 Å². The maximum absolute atomic E-state index is 12.9. The minimum Gasteiger partial charge on any atom is -0.481 e. The third-order valence-electron chi connectivity index (χ3n) is 4.81. The summed E-state index contributed by atoms with van der Waals surface area (Å²) in [6.45, 7) is 2.10. The quantitative estimate of drug-likeness (QED) is 0.886. The summed E-state index contributed by atoms with van der Waals surface area (Å²) >= 11 is 0. The van der Waals surface area contributed by atoms with E-state index in [2.05, 4.69) is 5.10 Å². The number of halogens is 3. The molecule has 2 aromatic rings. The fourth-order valence-corrected chi connectivity index (χ4v) is 3.31. The molecule has 1 aliphatic heterocycles. The second-order valence-electron chi connectivity index (χ2n) is 6.52. The number of piperidine rings is 1. The van der Waals surface area contributed by atoms with Crippen LogP contribution in [0.2, 0.25) is 0 Å². The van der Waals surface area contributed by atoms with Crippen LogP contribution < -0.4 is 0 Å². The van der Waals surface area contributed by atoms with Crippen LogP contribution in [0.5, 0.6) is 0 Å². The molecule has 2 heterocycles. The molecule has 1 aliphatic rings. The van der Waals surface area contributed by atoms with Gasteiger partial charge in [-0.1, -0.05) is 6.07 Å². The lowest BCUT2D eigenvalue weighted by Gasteiger charge is -2.37. The maximum atomic E-state index is 12.9. The van der Waals surface area contributed by atoms with Gasteiger partial charge in [-0.25, -0.2) is 4.68 Å². The lowest BCUT2D eigenvalue weighted by Crippen LogP contribution is -2.49. The minimum atomic E-state index is -4.48. The molecule has 1 aromatic heterocycles. The van der Waals surface area contributed by atoms with Gasteiger partial charge in [0.05, 0.1) is 17.2 Å². The van der Waals surface area contributed by atoms with Crippen LogP contribution in [-0.4, -0.2) is 44.3 Å². The zero-order valence-corrected chi connectivity index (χ0v) is 14.5. The molecular formula is C18H18F3N3O3. The number of amides is 1.